The molecule has 1 fully saturated rings. The van der Waals surface area contributed by atoms with Gasteiger partial charge in [-0.1, -0.05) is 30.3 Å². The molecule has 178 valence electrons. The number of rotatable bonds is 5. The molecule has 1 aliphatic heterocycles. The average Bonchev–Trinajstić information content (AvgIpc) is 3.23. The molecule has 0 bridgehead atoms. The number of aryl methyl sites for hydroxylation is 1. The van der Waals surface area contributed by atoms with E-state index in [2.05, 4.69) is 11.1 Å². The van der Waals surface area contributed by atoms with Gasteiger partial charge in [-0.15, -0.1) is 0 Å². The molecular weight excluding hydrogens is 447 g/mol. The zero-order valence-electron chi connectivity index (χ0n) is 19.6. The van der Waals surface area contributed by atoms with Gasteiger partial charge >= 0.3 is 19.1 Å². The van der Waals surface area contributed by atoms with Crippen LogP contribution in [-0.4, -0.2) is 49.1 Å². The Bertz CT molecular complexity index is 1210. The monoisotopic (exact) mass is 472 g/mol. The summed E-state index contributed by atoms with van der Waals surface area (Å²) >= 11 is 0. The van der Waals surface area contributed by atoms with Crippen molar-refractivity contribution in [3.05, 3.63) is 77.5 Å². The van der Waals surface area contributed by atoms with Crippen LogP contribution in [0.2, 0.25) is 0 Å². The first kappa shape index (κ1) is 22.9. The molecule has 5 rings (SSSR count). The van der Waals surface area contributed by atoms with Gasteiger partial charge in [-0.05, 0) is 56.1 Å². The minimum Gasteiger partial charge on any atom is -0.494 e. The second-order valence-electron chi connectivity index (χ2n) is 8.80. The van der Waals surface area contributed by atoms with E-state index in [1.54, 1.807) is 42.4 Å². The number of hydrogen-bond acceptors (Lipinski definition) is 8. The summed E-state index contributed by atoms with van der Waals surface area (Å²) in [7, 11) is 0.588. The number of carbonyl (C=O) groups excluding carboxylic acids is 2. The predicted octanol–water partition coefficient (Wildman–Crippen LogP) is 2.98. The van der Waals surface area contributed by atoms with Gasteiger partial charge in [-0.25, -0.2) is 4.98 Å². The molecule has 0 saturated carbocycles. The van der Waals surface area contributed by atoms with Crippen LogP contribution < -0.4 is 14.9 Å². The molecule has 1 saturated heterocycles. The molecule has 8 nitrogen and oxygen atoms in total. The third-order valence-corrected chi connectivity index (χ3v) is 5.98. The number of likely N-dealkylation sites (N-methyl/N-ethyl adjacent to an activating group) is 1. The fraction of sp³-hybridized carbons (Fsp3) is 0.269. The highest BCUT2D eigenvalue weighted by Crippen LogP contribution is 2.40. The first-order valence-corrected chi connectivity index (χ1v) is 11.5. The van der Waals surface area contributed by atoms with E-state index in [1.165, 1.54) is 0 Å². The maximum atomic E-state index is 12.0. The molecule has 0 N–H and O–H groups in total. The van der Waals surface area contributed by atoms with Gasteiger partial charge in [0.1, 0.15) is 17.6 Å². The van der Waals surface area contributed by atoms with Crippen molar-refractivity contribution in [3.8, 4) is 17.4 Å². The van der Waals surface area contributed by atoms with Gasteiger partial charge in [-0.2, -0.15) is 0 Å². The summed E-state index contributed by atoms with van der Waals surface area (Å²) in [5.74, 6) is 1.12. The number of nitrogens with zero attached hydrogens (tertiary/aromatic N) is 2. The zero-order valence-corrected chi connectivity index (χ0v) is 19.6. The molecule has 1 aliphatic carbocycles. The highest BCUT2D eigenvalue weighted by Gasteiger charge is 2.34. The van der Waals surface area contributed by atoms with Gasteiger partial charge in [0.05, 0.1) is 13.1 Å². The second kappa shape index (κ2) is 9.80. The van der Waals surface area contributed by atoms with E-state index in [0.717, 1.165) is 35.3 Å². The highest BCUT2D eigenvalue weighted by molar-refractivity contribution is 6.64. The number of carbonyl (C=O) groups is 2. The lowest BCUT2D eigenvalue weighted by molar-refractivity contribution is -0.145. The van der Waals surface area contributed by atoms with Gasteiger partial charge in [0.15, 0.2) is 0 Å². The van der Waals surface area contributed by atoms with Gasteiger partial charge in [0.2, 0.25) is 5.88 Å². The summed E-state index contributed by atoms with van der Waals surface area (Å²) in [5.41, 5.74) is 3.85. The minimum absolute atomic E-state index is 0.0273. The molecule has 0 radical (unpaired) electrons. The largest absolute Gasteiger partial charge is 0.636 e. The number of ether oxygens (including phenoxy) is 2. The van der Waals surface area contributed by atoms with E-state index in [9.17, 15) is 9.59 Å². The van der Waals surface area contributed by atoms with Crippen LogP contribution in [0.5, 0.6) is 17.4 Å². The van der Waals surface area contributed by atoms with Gasteiger partial charge in [0, 0.05) is 23.3 Å². The van der Waals surface area contributed by atoms with Crippen molar-refractivity contribution in [2.75, 3.05) is 20.1 Å². The lowest BCUT2D eigenvalue weighted by Crippen LogP contribution is -2.47. The first-order valence-electron chi connectivity index (χ1n) is 11.5. The molecule has 35 heavy (non-hydrogen) atoms. The fourth-order valence-electron chi connectivity index (χ4n) is 4.27. The first-order chi connectivity index (χ1) is 16.9. The van der Waals surface area contributed by atoms with E-state index in [0.29, 0.717) is 17.1 Å². The van der Waals surface area contributed by atoms with E-state index in [4.69, 9.17) is 18.8 Å². The highest BCUT2D eigenvalue weighted by atomic mass is 16.6. The van der Waals surface area contributed by atoms with E-state index < -0.39 is 19.1 Å². The van der Waals surface area contributed by atoms with E-state index >= 15 is 0 Å². The minimum atomic E-state index is -1.07. The van der Waals surface area contributed by atoms with Crippen LogP contribution >= 0.6 is 0 Å². The molecule has 3 aromatic rings. The Kier molecular flexibility index (Phi) is 6.42. The van der Waals surface area contributed by atoms with Crippen molar-refractivity contribution >= 4 is 24.5 Å². The summed E-state index contributed by atoms with van der Waals surface area (Å²) in [5, 5.41) is 0. The lowest BCUT2D eigenvalue weighted by atomic mass is 9.78. The maximum absolute atomic E-state index is 12.0. The Morgan fingerprint density at radius 2 is 1.74 bits per heavy atom. The topological polar surface area (TPSA) is 87.2 Å². The smallest absolute Gasteiger partial charge is 0.494 e. The Morgan fingerprint density at radius 1 is 1.00 bits per heavy atom. The van der Waals surface area contributed by atoms with Crippen molar-refractivity contribution in [1.29, 1.82) is 0 Å². The van der Waals surface area contributed by atoms with Crippen LogP contribution in [0.25, 0.3) is 0 Å². The average molecular weight is 472 g/mol. The third-order valence-electron chi connectivity index (χ3n) is 5.98. The molecule has 0 amide bonds. The van der Waals surface area contributed by atoms with Crippen LogP contribution in [0.1, 0.15) is 29.2 Å². The molecular formula is C26H25BN2O6. The van der Waals surface area contributed by atoms with Crippen LogP contribution in [-0.2, 0) is 25.3 Å². The van der Waals surface area contributed by atoms with E-state index in [1.807, 2.05) is 31.2 Å². The molecule has 2 heterocycles. The van der Waals surface area contributed by atoms with Crippen molar-refractivity contribution < 1.29 is 28.4 Å². The molecule has 2 aliphatic rings. The molecule has 2 aromatic carbocycles. The number of hydrogen-bond donors (Lipinski definition) is 0. The molecule has 9 heteroatoms. The third kappa shape index (κ3) is 5.30. The predicted molar refractivity (Wildman–Crippen MR) is 129 cm³/mol. The van der Waals surface area contributed by atoms with Crippen molar-refractivity contribution in [2.45, 2.75) is 25.9 Å². The summed E-state index contributed by atoms with van der Waals surface area (Å²) in [6, 6.07) is 16.9. The Labute approximate surface area is 203 Å². The van der Waals surface area contributed by atoms with Gasteiger partial charge in [-0.3, -0.25) is 14.5 Å². The van der Waals surface area contributed by atoms with Crippen molar-refractivity contribution in [3.63, 3.8) is 0 Å². The molecule has 0 unspecified atom stereocenters. The second-order valence-corrected chi connectivity index (χ2v) is 8.80. The zero-order chi connectivity index (χ0) is 24.4. The lowest BCUT2D eigenvalue weighted by Gasteiger charge is -2.22. The van der Waals surface area contributed by atoms with Crippen molar-refractivity contribution in [1.82, 2.24) is 9.88 Å². The number of fused-ring (bicyclic) bond motifs is 1. The Morgan fingerprint density at radius 3 is 2.43 bits per heavy atom. The normalized spacial score (nSPS) is 18.2. The van der Waals surface area contributed by atoms with Gasteiger partial charge < -0.3 is 18.8 Å². The number of aromatic nitrogens is 1. The number of pyridine rings is 1. The summed E-state index contributed by atoms with van der Waals surface area (Å²) in [6.45, 7) is 2.04. The van der Waals surface area contributed by atoms with Gasteiger partial charge in [0.25, 0.3) is 0 Å². The quantitative estimate of drug-likeness (QED) is 0.524. The summed E-state index contributed by atoms with van der Waals surface area (Å²) in [6.07, 6.45) is 3.33. The summed E-state index contributed by atoms with van der Waals surface area (Å²) < 4.78 is 23.0. The van der Waals surface area contributed by atoms with Crippen LogP contribution in [0.3, 0.4) is 0 Å². The van der Waals surface area contributed by atoms with Crippen LogP contribution in [0.15, 0.2) is 60.8 Å². The van der Waals surface area contributed by atoms with Crippen LogP contribution in [0, 0.1) is 6.92 Å². The van der Waals surface area contributed by atoms with Crippen LogP contribution in [0.4, 0.5) is 0 Å². The standard InChI is InChI=1S/C26H25BN2O6/c1-17-6-13-24(28-14-17)33-22-5-3-4-20-21(22)11-12-23(20)32-19-9-7-18(8-10-19)27-34-25(30)15-29(2)16-26(31)35-27/h3-10,13-14,23H,11-12,15-16H2,1-2H3/t23-/m1/s1. The molecule has 1 aromatic heterocycles. The molecule has 1 atom stereocenters. The SMILES string of the molecule is Cc1ccc(Oc2cccc3c2CC[C@H]3Oc2ccc(B3OC(=O)CN(C)CC(=O)O3)cc2)nc1. The summed E-state index contributed by atoms with van der Waals surface area (Å²) in [4.78, 5) is 29.9. The number of benzene rings is 2. The van der Waals surface area contributed by atoms with Crippen molar-refractivity contribution in [2.24, 2.45) is 0 Å². The fourth-order valence-corrected chi connectivity index (χ4v) is 4.27. The van der Waals surface area contributed by atoms with E-state index in [-0.39, 0.29) is 19.2 Å². The Balaban J connectivity index is 1.28. The molecule has 0 spiro atoms. The maximum Gasteiger partial charge on any atom is 0.636 e. The Hall–Kier alpha value is -3.85.